The number of phenolic OH excluding ortho intramolecular Hbond substituents is 1. The maximum atomic E-state index is 12.5. The van der Waals surface area contributed by atoms with Crippen LogP contribution >= 0.6 is 0 Å². The van der Waals surface area contributed by atoms with Crippen LogP contribution in [0.25, 0.3) is 6.08 Å². The Morgan fingerprint density at radius 1 is 1.12 bits per heavy atom. The van der Waals surface area contributed by atoms with E-state index in [9.17, 15) is 19.5 Å². The molecule has 2 aromatic carbocycles. The number of rotatable bonds is 4. The zero-order chi connectivity index (χ0) is 18.0. The van der Waals surface area contributed by atoms with Gasteiger partial charge >= 0.3 is 0 Å². The van der Waals surface area contributed by atoms with Crippen molar-refractivity contribution in [3.05, 3.63) is 59.2 Å². The van der Waals surface area contributed by atoms with Gasteiger partial charge in [-0.1, -0.05) is 18.2 Å². The highest BCUT2D eigenvalue weighted by Gasteiger charge is 2.34. The molecule has 1 aliphatic rings. The molecule has 2 amide bonds. The largest absolute Gasteiger partial charge is 0.504 e. The van der Waals surface area contributed by atoms with Crippen molar-refractivity contribution in [2.45, 2.75) is 0 Å². The lowest BCUT2D eigenvalue weighted by atomic mass is 10.1. The topological polar surface area (TPSA) is 95.9 Å². The van der Waals surface area contributed by atoms with Crippen LogP contribution in [0.5, 0.6) is 11.5 Å². The Morgan fingerprint density at radius 3 is 2.64 bits per heavy atom. The summed E-state index contributed by atoms with van der Waals surface area (Å²) < 4.78 is 5.01. The van der Waals surface area contributed by atoms with Gasteiger partial charge in [0.15, 0.2) is 11.5 Å². The lowest BCUT2D eigenvalue weighted by Gasteiger charge is -2.14. The van der Waals surface area contributed by atoms with E-state index in [1.807, 2.05) is 0 Å². The summed E-state index contributed by atoms with van der Waals surface area (Å²) in [5.41, 5.74) is 3.69. The molecule has 3 rings (SSSR count). The van der Waals surface area contributed by atoms with Crippen molar-refractivity contribution in [3.63, 3.8) is 0 Å². The van der Waals surface area contributed by atoms with Crippen LogP contribution in [-0.4, -0.2) is 30.3 Å². The van der Waals surface area contributed by atoms with Crippen LogP contribution in [0.4, 0.5) is 5.69 Å². The van der Waals surface area contributed by atoms with Crippen LogP contribution < -0.4 is 15.2 Å². The van der Waals surface area contributed by atoms with Crippen LogP contribution in [0.2, 0.25) is 0 Å². The molecule has 25 heavy (non-hydrogen) atoms. The number of phenols is 1. The van der Waals surface area contributed by atoms with E-state index in [2.05, 4.69) is 5.43 Å². The first-order valence-electron chi connectivity index (χ1n) is 7.33. The fraction of sp³-hybridized carbons (Fsp3) is 0.0556. The van der Waals surface area contributed by atoms with E-state index < -0.39 is 11.8 Å². The van der Waals surface area contributed by atoms with Gasteiger partial charge < -0.3 is 9.84 Å². The molecule has 2 N–H and O–H groups in total. The first-order chi connectivity index (χ1) is 12.0. The van der Waals surface area contributed by atoms with Gasteiger partial charge in [0, 0.05) is 5.56 Å². The number of carbonyl (C=O) groups excluding carboxylic acids is 3. The molecule has 0 unspecified atom stereocenters. The monoisotopic (exact) mass is 338 g/mol. The second kappa shape index (κ2) is 6.48. The smallest absolute Gasteiger partial charge is 0.282 e. The Morgan fingerprint density at radius 2 is 1.92 bits per heavy atom. The first-order valence-corrected chi connectivity index (χ1v) is 7.33. The van der Waals surface area contributed by atoms with Gasteiger partial charge in [0.1, 0.15) is 11.9 Å². The highest BCUT2D eigenvalue weighted by molar-refractivity contribution is 6.31. The average molecular weight is 338 g/mol. The third-order valence-corrected chi connectivity index (χ3v) is 3.67. The minimum Gasteiger partial charge on any atom is -0.504 e. The molecule has 7 nitrogen and oxygen atoms in total. The van der Waals surface area contributed by atoms with Crippen LogP contribution in [-0.2, 0) is 9.59 Å². The maximum Gasteiger partial charge on any atom is 0.282 e. The molecule has 1 aliphatic heterocycles. The molecule has 1 saturated heterocycles. The highest BCUT2D eigenvalue weighted by Crippen LogP contribution is 2.28. The van der Waals surface area contributed by atoms with Gasteiger partial charge in [0.2, 0.25) is 0 Å². The number of aldehydes is 1. The van der Waals surface area contributed by atoms with E-state index in [0.29, 0.717) is 23.1 Å². The minimum atomic E-state index is -0.562. The number of nitrogens with one attached hydrogen (secondary N) is 1. The molecule has 0 saturated carbocycles. The summed E-state index contributed by atoms with van der Waals surface area (Å²) in [6.45, 7) is 0. The number of hydrogen-bond donors (Lipinski definition) is 2. The molecule has 7 heteroatoms. The number of aromatic hydroxyl groups is 1. The number of carbonyl (C=O) groups is 3. The molecule has 0 aromatic heterocycles. The van der Waals surface area contributed by atoms with Gasteiger partial charge in [0.05, 0.1) is 12.8 Å². The molecule has 0 spiro atoms. The number of anilines is 1. The fourth-order valence-electron chi connectivity index (χ4n) is 2.43. The Kier molecular flexibility index (Phi) is 4.21. The Balaban J connectivity index is 1.94. The van der Waals surface area contributed by atoms with E-state index in [1.54, 1.807) is 24.3 Å². The van der Waals surface area contributed by atoms with Gasteiger partial charge in [-0.2, -0.15) is 0 Å². The molecule has 0 bridgehead atoms. The van der Waals surface area contributed by atoms with Gasteiger partial charge in [0.25, 0.3) is 11.8 Å². The zero-order valence-corrected chi connectivity index (χ0v) is 13.2. The van der Waals surface area contributed by atoms with Crippen molar-refractivity contribution >= 4 is 29.9 Å². The lowest BCUT2D eigenvalue weighted by molar-refractivity contribution is -0.117. The normalized spacial score (nSPS) is 15.4. The van der Waals surface area contributed by atoms with Crippen molar-refractivity contribution in [3.8, 4) is 11.5 Å². The molecule has 1 heterocycles. The van der Waals surface area contributed by atoms with Gasteiger partial charge in [-0.25, -0.2) is 5.01 Å². The highest BCUT2D eigenvalue weighted by atomic mass is 16.5. The summed E-state index contributed by atoms with van der Waals surface area (Å²) in [7, 11) is 1.40. The Bertz CT molecular complexity index is 904. The van der Waals surface area contributed by atoms with Crippen molar-refractivity contribution < 1.29 is 24.2 Å². The predicted molar refractivity (Wildman–Crippen MR) is 90.1 cm³/mol. The van der Waals surface area contributed by atoms with Gasteiger partial charge in [-0.05, 0) is 35.9 Å². The zero-order valence-electron chi connectivity index (χ0n) is 13.2. The molecule has 0 atom stereocenters. The second-order valence-electron chi connectivity index (χ2n) is 5.28. The number of nitrogens with zero attached hydrogens (tertiary/aromatic N) is 1. The fourth-order valence-corrected chi connectivity index (χ4v) is 2.43. The second-order valence-corrected chi connectivity index (χ2v) is 5.28. The summed E-state index contributed by atoms with van der Waals surface area (Å²) in [5.74, 6) is -0.913. The molecular formula is C18H14N2O5. The summed E-state index contributed by atoms with van der Waals surface area (Å²) in [5, 5.41) is 10.7. The van der Waals surface area contributed by atoms with E-state index in [-0.39, 0.29) is 17.1 Å². The number of benzene rings is 2. The average Bonchev–Trinajstić information content (AvgIpc) is 2.91. The SMILES string of the molecule is COc1cc(/C=C2\C(=O)NN(c3cccc(C=O)c3)C2=O)ccc1O. The molecule has 0 aliphatic carbocycles. The molecule has 0 radical (unpaired) electrons. The predicted octanol–water partition coefficient (Wildman–Crippen LogP) is 1.67. The standard InChI is InChI=1S/C18H14N2O5/c1-25-16-9-11(5-6-15(16)22)8-14-17(23)19-20(18(14)24)13-4-2-3-12(7-13)10-21/h2-10,22H,1H3,(H,19,23)/b14-8+. The van der Waals surface area contributed by atoms with Gasteiger partial charge in [-0.15, -0.1) is 0 Å². The van der Waals surface area contributed by atoms with Crippen LogP contribution in [0.1, 0.15) is 15.9 Å². The quantitative estimate of drug-likeness (QED) is 0.502. The summed E-state index contributed by atoms with van der Waals surface area (Å²) in [6, 6.07) is 10.8. The van der Waals surface area contributed by atoms with E-state index in [0.717, 1.165) is 5.01 Å². The van der Waals surface area contributed by atoms with Crippen LogP contribution in [0.3, 0.4) is 0 Å². The molecule has 1 fully saturated rings. The minimum absolute atomic E-state index is 0.0424. The van der Waals surface area contributed by atoms with Gasteiger partial charge in [-0.3, -0.25) is 19.8 Å². The Hall–Kier alpha value is -3.61. The van der Waals surface area contributed by atoms with E-state index >= 15 is 0 Å². The van der Waals surface area contributed by atoms with Crippen LogP contribution in [0.15, 0.2) is 48.0 Å². The van der Waals surface area contributed by atoms with E-state index in [4.69, 9.17) is 4.74 Å². The third kappa shape index (κ3) is 3.07. The first kappa shape index (κ1) is 16.3. The number of hydrogen-bond acceptors (Lipinski definition) is 5. The number of methoxy groups -OCH3 is 1. The summed E-state index contributed by atoms with van der Waals surface area (Å²) in [6.07, 6.45) is 2.06. The number of hydrazine groups is 1. The van der Waals surface area contributed by atoms with Crippen molar-refractivity contribution in [1.82, 2.24) is 5.43 Å². The molecular weight excluding hydrogens is 324 g/mol. The van der Waals surface area contributed by atoms with Crippen molar-refractivity contribution in [1.29, 1.82) is 0 Å². The Labute approximate surface area is 143 Å². The number of amides is 2. The van der Waals surface area contributed by atoms with Crippen LogP contribution in [0, 0.1) is 0 Å². The molecule has 2 aromatic rings. The van der Waals surface area contributed by atoms with E-state index in [1.165, 1.54) is 31.4 Å². The molecule has 126 valence electrons. The summed E-state index contributed by atoms with van der Waals surface area (Å²) in [4.78, 5) is 35.6. The third-order valence-electron chi connectivity index (χ3n) is 3.67. The maximum absolute atomic E-state index is 12.5. The van der Waals surface area contributed by atoms with Crippen molar-refractivity contribution in [2.24, 2.45) is 0 Å². The van der Waals surface area contributed by atoms with Crippen molar-refractivity contribution in [2.75, 3.05) is 12.1 Å². The summed E-state index contributed by atoms with van der Waals surface area (Å²) >= 11 is 0. The number of ether oxygens (including phenoxy) is 1. The lowest BCUT2D eigenvalue weighted by Crippen LogP contribution is -2.35.